The second kappa shape index (κ2) is 5.45. The molecule has 1 aromatic rings. The van der Waals surface area contributed by atoms with Crippen LogP contribution < -0.4 is 4.90 Å². The molecule has 0 radical (unpaired) electrons. The number of likely N-dealkylation sites (N-methyl/N-ethyl adjacent to an activating group) is 1. The third kappa shape index (κ3) is 2.92. The first kappa shape index (κ1) is 12.4. The van der Waals surface area contributed by atoms with E-state index in [0.29, 0.717) is 18.4 Å². The molecule has 0 spiro atoms. The number of carbonyl (C=O) groups is 1. The molecule has 0 heterocycles. The molecule has 1 rings (SSSR count). The minimum Gasteiger partial charge on any atom is -0.367 e. The van der Waals surface area contributed by atoms with E-state index in [0.717, 1.165) is 17.8 Å². The van der Waals surface area contributed by atoms with Crippen molar-refractivity contribution in [2.45, 2.75) is 13.8 Å². The van der Waals surface area contributed by atoms with Crippen molar-refractivity contribution in [2.75, 3.05) is 18.0 Å². The lowest BCUT2D eigenvalue weighted by Crippen LogP contribution is -2.25. The highest BCUT2D eigenvalue weighted by Gasteiger charge is 2.10. The van der Waals surface area contributed by atoms with Crippen LogP contribution in [0.5, 0.6) is 0 Å². The Morgan fingerprint density at radius 2 is 2.25 bits per heavy atom. The summed E-state index contributed by atoms with van der Waals surface area (Å²) in [6.45, 7) is 9.17. The average molecular weight is 221 g/mol. The Bertz CT molecular complexity index is 401. The van der Waals surface area contributed by atoms with Gasteiger partial charge in [0.05, 0.1) is 0 Å². The number of anilines is 1. The molecular formula is C13H16FNO. The van der Waals surface area contributed by atoms with E-state index in [9.17, 15) is 9.18 Å². The Hall–Kier alpha value is -1.64. The number of aldehydes is 1. The highest BCUT2D eigenvalue weighted by atomic mass is 19.1. The molecule has 2 nitrogen and oxygen atoms in total. The van der Waals surface area contributed by atoms with Crippen LogP contribution in [-0.4, -0.2) is 19.4 Å². The zero-order valence-corrected chi connectivity index (χ0v) is 9.66. The van der Waals surface area contributed by atoms with Crippen LogP contribution in [0.4, 0.5) is 10.1 Å². The topological polar surface area (TPSA) is 20.3 Å². The van der Waals surface area contributed by atoms with E-state index in [4.69, 9.17) is 0 Å². The number of nitrogens with zero attached hydrogens (tertiary/aromatic N) is 1. The van der Waals surface area contributed by atoms with E-state index in [1.54, 1.807) is 6.07 Å². The zero-order chi connectivity index (χ0) is 12.1. The molecule has 0 bridgehead atoms. The molecule has 0 fully saturated rings. The van der Waals surface area contributed by atoms with Crippen LogP contribution >= 0.6 is 0 Å². The van der Waals surface area contributed by atoms with Crippen LogP contribution in [0.2, 0.25) is 0 Å². The smallest absolute Gasteiger partial charge is 0.152 e. The summed E-state index contributed by atoms with van der Waals surface area (Å²) in [6.07, 6.45) is 0.680. The summed E-state index contributed by atoms with van der Waals surface area (Å²) in [5.41, 5.74) is 2.13. The summed E-state index contributed by atoms with van der Waals surface area (Å²) in [7, 11) is 0. The van der Waals surface area contributed by atoms with Gasteiger partial charge in [0, 0.05) is 24.3 Å². The molecule has 0 aliphatic rings. The highest BCUT2D eigenvalue weighted by Crippen LogP contribution is 2.20. The van der Waals surface area contributed by atoms with Gasteiger partial charge in [-0.1, -0.05) is 12.2 Å². The molecule has 0 aromatic heterocycles. The molecule has 0 aliphatic carbocycles. The monoisotopic (exact) mass is 221 g/mol. The SMILES string of the molecule is C=C(C)CN(CC)c1ccc(F)cc1C=O. The van der Waals surface area contributed by atoms with E-state index in [1.165, 1.54) is 12.1 Å². The summed E-state index contributed by atoms with van der Waals surface area (Å²) < 4.78 is 13.0. The lowest BCUT2D eigenvalue weighted by atomic mass is 10.1. The molecule has 0 unspecified atom stereocenters. The van der Waals surface area contributed by atoms with Crippen LogP contribution in [-0.2, 0) is 0 Å². The lowest BCUT2D eigenvalue weighted by molar-refractivity contribution is 0.112. The van der Waals surface area contributed by atoms with E-state index in [2.05, 4.69) is 6.58 Å². The van der Waals surface area contributed by atoms with Gasteiger partial charge in [0.25, 0.3) is 0 Å². The van der Waals surface area contributed by atoms with Gasteiger partial charge in [-0.25, -0.2) is 4.39 Å². The average Bonchev–Trinajstić information content (AvgIpc) is 2.25. The number of carbonyl (C=O) groups excluding carboxylic acids is 1. The Balaban J connectivity index is 3.08. The van der Waals surface area contributed by atoms with Crippen LogP contribution in [0.1, 0.15) is 24.2 Å². The molecule has 3 heteroatoms. The predicted octanol–water partition coefficient (Wildman–Crippen LogP) is 3.04. The summed E-state index contributed by atoms with van der Waals surface area (Å²) in [4.78, 5) is 12.9. The molecule has 1 aromatic carbocycles. The second-order valence-electron chi connectivity index (χ2n) is 3.79. The van der Waals surface area contributed by atoms with Gasteiger partial charge in [-0.3, -0.25) is 4.79 Å². The fourth-order valence-corrected chi connectivity index (χ4v) is 1.60. The van der Waals surface area contributed by atoms with E-state index in [-0.39, 0.29) is 0 Å². The fourth-order valence-electron chi connectivity index (χ4n) is 1.60. The van der Waals surface area contributed by atoms with Gasteiger partial charge in [0.15, 0.2) is 6.29 Å². The third-order valence-electron chi connectivity index (χ3n) is 2.30. The maximum Gasteiger partial charge on any atom is 0.152 e. The molecule has 0 atom stereocenters. The Kier molecular flexibility index (Phi) is 4.23. The van der Waals surface area contributed by atoms with Crippen molar-refractivity contribution in [3.8, 4) is 0 Å². The van der Waals surface area contributed by atoms with Gasteiger partial charge in [-0.15, -0.1) is 0 Å². The normalized spacial score (nSPS) is 9.94. The van der Waals surface area contributed by atoms with Gasteiger partial charge in [-0.05, 0) is 32.0 Å². The van der Waals surface area contributed by atoms with Crippen LogP contribution in [0.3, 0.4) is 0 Å². The maximum absolute atomic E-state index is 13.0. The molecule has 0 saturated carbocycles. The number of benzene rings is 1. The second-order valence-corrected chi connectivity index (χ2v) is 3.79. The van der Waals surface area contributed by atoms with Crippen molar-refractivity contribution in [1.29, 1.82) is 0 Å². The van der Waals surface area contributed by atoms with Gasteiger partial charge < -0.3 is 4.90 Å². The fraction of sp³-hybridized carbons (Fsp3) is 0.308. The van der Waals surface area contributed by atoms with Crippen LogP contribution in [0.25, 0.3) is 0 Å². The molecule has 0 N–H and O–H groups in total. The van der Waals surface area contributed by atoms with Crippen molar-refractivity contribution in [3.05, 3.63) is 41.7 Å². The van der Waals surface area contributed by atoms with Crippen molar-refractivity contribution < 1.29 is 9.18 Å². The summed E-state index contributed by atoms with van der Waals surface area (Å²) >= 11 is 0. The van der Waals surface area contributed by atoms with E-state index < -0.39 is 5.82 Å². The van der Waals surface area contributed by atoms with Crippen molar-refractivity contribution in [2.24, 2.45) is 0 Å². The molecule has 0 saturated heterocycles. The predicted molar refractivity (Wildman–Crippen MR) is 64.5 cm³/mol. The van der Waals surface area contributed by atoms with Crippen molar-refractivity contribution in [1.82, 2.24) is 0 Å². The number of halogens is 1. The Labute approximate surface area is 95.4 Å². The number of hydrogen-bond acceptors (Lipinski definition) is 2. The third-order valence-corrected chi connectivity index (χ3v) is 2.30. The van der Waals surface area contributed by atoms with Crippen LogP contribution in [0.15, 0.2) is 30.4 Å². The van der Waals surface area contributed by atoms with Gasteiger partial charge in [-0.2, -0.15) is 0 Å². The van der Waals surface area contributed by atoms with Crippen LogP contribution in [0, 0.1) is 5.82 Å². The standard InChI is InChI=1S/C13H16FNO/c1-4-15(8-10(2)3)13-6-5-12(14)7-11(13)9-16/h5-7,9H,2,4,8H2,1,3H3. The minimum absolute atomic E-state index is 0.378. The Morgan fingerprint density at radius 3 is 2.75 bits per heavy atom. The molecule has 86 valence electrons. The van der Waals surface area contributed by atoms with Crippen molar-refractivity contribution >= 4 is 12.0 Å². The first-order chi connectivity index (χ1) is 7.58. The molecule has 16 heavy (non-hydrogen) atoms. The largest absolute Gasteiger partial charge is 0.367 e. The highest BCUT2D eigenvalue weighted by molar-refractivity contribution is 5.84. The van der Waals surface area contributed by atoms with Gasteiger partial charge in [0.2, 0.25) is 0 Å². The zero-order valence-electron chi connectivity index (χ0n) is 9.66. The summed E-state index contributed by atoms with van der Waals surface area (Å²) in [5.74, 6) is -0.391. The summed E-state index contributed by atoms with van der Waals surface area (Å²) in [5, 5.41) is 0. The van der Waals surface area contributed by atoms with E-state index >= 15 is 0 Å². The Morgan fingerprint density at radius 1 is 1.56 bits per heavy atom. The first-order valence-electron chi connectivity index (χ1n) is 5.22. The van der Waals surface area contributed by atoms with Gasteiger partial charge >= 0.3 is 0 Å². The summed E-state index contributed by atoms with van der Waals surface area (Å²) in [6, 6.07) is 4.25. The minimum atomic E-state index is -0.391. The number of hydrogen-bond donors (Lipinski definition) is 0. The lowest BCUT2D eigenvalue weighted by Gasteiger charge is -2.24. The maximum atomic E-state index is 13.0. The van der Waals surface area contributed by atoms with Crippen molar-refractivity contribution in [3.63, 3.8) is 0 Å². The molecule has 0 amide bonds. The number of rotatable bonds is 5. The first-order valence-corrected chi connectivity index (χ1v) is 5.22. The van der Waals surface area contributed by atoms with Gasteiger partial charge in [0.1, 0.15) is 5.82 Å². The molecule has 0 aliphatic heterocycles. The quantitative estimate of drug-likeness (QED) is 0.562. The molecular weight excluding hydrogens is 205 g/mol. The van der Waals surface area contributed by atoms with E-state index in [1.807, 2.05) is 18.7 Å².